The Hall–Kier alpha value is -2.00. The molecule has 0 aliphatic rings. The SMILES string of the molecule is CC(C#N)Nc1ccc(CC#N)cc1. The molecule has 0 aliphatic heterocycles. The standard InChI is InChI=1S/C11H11N3/c1-9(8-13)14-11-4-2-10(3-5-11)6-7-12/h2-5,9,14H,6H2,1H3. The van der Waals surface area contributed by atoms with E-state index in [4.69, 9.17) is 10.5 Å². The largest absolute Gasteiger partial charge is 0.370 e. The molecule has 0 saturated carbocycles. The van der Waals surface area contributed by atoms with Crippen LogP contribution in [0.15, 0.2) is 24.3 Å². The summed E-state index contributed by atoms with van der Waals surface area (Å²) in [5.74, 6) is 0. The van der Waals surface area contributed by atoms with E-state index >= 15 is 0 Å². The van der Waals surface area contributed by atoms with E-state index in [1.54, 1.807) is 6.92 Å². The van der Waals surface area contributed by atoms with Gasteiger partial charge >= 0.3 is 0 Å². The molecule has 1 aromatic carbocycles. The van der Waals surface area contributed by atoms with E-state index in [1.165, 1.54) is 0 Å². The molecule has 1 aromatic rings. The predicted octanol–water partition coefficient (Wildman–Crippen LogP) is 2.08. The second kappa shape index (κ2) is 4.89. The summed E-state index contributed by atoms with van der Waals surface area (Å²) in [5.41, 5.74) is 1.89. The van der Waals surface area contributed by atoms with Gasteiger partial charge in [-0.3, -0.25) is 0 Å². The Balaban J connectivity index is 2.66. The molecule has 0 bridgehead atoms. The maximum absolute atomic E-state index is 8.58. The van der Waals surface area contributed by atoms with Gasteiger partial charge in [0, 0.05) is 5.69 Å². The van der Waals surface area contributed by atoms with Crippen molar-refractivity contribution in [2.45, 2.75) is 19.4 Å². The van der Waals surface area contributed by atoms with E-state index in [0.29, 0.717) is 6.42 Å². The molecule has 3 nitrogen and oxygen atoms in total. The van der Waals surface area contributed by atoms with Gasteiger partial charge < -0.3 is 5.32 Å². The third-order valence-electron chi connectivity index (χ3n) is 1.81. The van der Waals surface area contributed by atoms with Gasteiger partial charge in [-0.05, 0) is 24.6 Å². The molecule has 1 unspecified atom stereocenters. The molecule has 0 saturated heterocycles. The second-order valence-electron chi connectivity index (χ2n) is 3.03. The topological polar surface area (TPSA) is 59.6 Å². The summed E-state index contributed by atoms with van der Waals surface area (Å²) in [6, 6.07) is 11.5. The van der Waals surface area contributed by atoms with Crippen LogP contribution in [0.25, 0.3) is 0 Å². The summed E-state index contributed by atoms with van der Waals surface area (Å²) in [5, 5.41) is 20.1. The first-order valence-corrected chi connectivity index (χ1v) is 4.38. The lowest BCUT2D eigenvalue weighted by atomic mass is 10.1. The van der Waals surface area contributed by atoms with Crippen molar-refractivity contribution in [3.8, 4) is 12.1 Å². The van der Waals surface area contributed by atoms with Crippen LogP contribution in [0.2, 0.25) is 0 Å². The Morgan fingerprint density at radius 1 is 1.29 bits per heavy atom. The van der Waals surface area contributed by atoms with Crippen LogP contribution in [-0.2, 0) is 6.42 Å². The van der Waals surface area contributed by atoms with Gasteiger partial charge in [-0.1, -0.05) is 12.1 Å². The van der Waals surface area contributed by atoms with Crippen molar-refractivity contribution in [2.75, 3.05) is 5.32 Å². The van der Waals surface area contributed by atoms with Crippen LogP contribution in [0.1, 0.15) is 12.5 Å². The van der Waals surface area contributed by atoms with E-state index in [0.717, 1.165) is 11.3 Å². The number of benzene rings is 1. The Morgan fingerprint density at radius 3 is 2.43 bits per heavy atom. The van der Waals surface area contributed by atoms with Gasteiger partial charge in [0.15, 0.2) is 0 Å². The van der Waals surface area contributed by atoms with Crippen LogP contribution < -0.4 is 5.32 Å². The predicted molar refractivity (Wildman–Crippen MR) is 54.5 cm³/mol. The van der Waals surface area contributed by atoms with Crippen molar-refractivity contribution >= 4 is 5.69 Å². The third-order valence-corrected chi connectivity index (χ3v) is 1.81. The molecule has 70 valence electrons. The van der Waals surface area contributed by atoms with Crippen LogP contribution in [0.5, 0.6) is 0 Å². The molecular weight excluding hydrogens is 174 g/mol. The van der Waals surface area contributed by atoms with Crippen molar-refractivity contribution in [2.24, 2.45) is 0 Å². The first kappa shape index (κ1) is 10.1. The fourth-order valence-electron chi connectivity index (χ4n) is 1.09. The molecule has 0 amide bonds. The van der Waals surface area contributed by atoms with Crippen LogP contribution in [0, 0.1) is 22.7 Å². The highest BCUT2D eigenvalue weighted by Crippen LogP contribution is 2.10. The number of hydrogen-bond donors (Lipinski definition) is 1. The zero-order valence-electron chi connectivity index (χ0n) is 7.99. The number of rotatable bonds is 3. The van der Waals surface area contributed by atoms with Crippen molar-refractivity contribution < 1.29 is 0 Å². The summed E-state index contributed by atoms with van der Waals surface area (Å²) in [6.45, 7) is 1.79. The second-order valence-corrected chi connectivity index (χ2v) is 3.03. The summed E-state index contributed by atoms with van der Waals surface area (Å²) in [6.07, 6.45) is 0.425. The number of nitriles is 2. The zero-order valence-corrected chi connectivity index (χ0v) is 7.99. The van der Waals surface area contributed by atoms with Gasteiger partial charge in [0.25, 0.3) is 0 Å². The van der Waals surface area contributed by atoms with Gasteiger partial charge in [-0.2, -0.15) is 10.5 Å². The van der Waals surface area contributed by atoms with E-state index in [-0.39, 0.29) is 6.04 Å². The molecule has 3 heteroatoms. The van der Waals surface area contributed by atoms with E-state index < -0.39 is 0 Å². The van der Waals surface area contributed by atoms with E-state index in [1.807, 2.05) is 24.3 Å². The summed E-state index contributed by atoms with van der Waals surface area (Å²) < 4.78 is 0. The Kier molecular flexibility index (Phi) is 3.52. The lowest BCUT2D eigenvalue weighted by Crippen LogP contribution is -2.11. The minimum Gasteiger partial charge on any atom is -0.370 e. The minimum atomic E-state index is -0.197. The molecule has 0 heterocycles. The number of anilines is 1. The molecule has 0 spiro atoms. The Morgan fingerprint density at radius 2 is 1.93 bits per heavy atom. The highest BCUT2D eigenvalue weighted by atomic mass is 14.9. The average molecular weight is 185 g/mol. The molecule has 1 atom stereocenters. The zero-order chi connectivity index (χ0) is 10.4. The first-order valence-electron chi connectivity index (χ1n) is 4.38. The first-order chi connectivity index (χ1) is 6.76. The fourth-order valence-corrected chi connectivity index (χ4v) is 1.09. The number of nitrogens with zero attached hydrogens (tertiary/aromatic N) is 2. The molecule has 0 aromatic heterocycles. The maximum Gasteiger partial charge on any atom is 0.111 e. The van der Waals surface area contributed by atoms with Gasteiger partial charge in [-0.15, -0.1) is 0 Å². The Bertz CT molecular complexity index is 367. The summed E-state index contributed by atoms with van der Waals surface area (Å²) >= 11 is 0. The molecular formula is C11H11N3. The molecule has 0 fully saturated rings. The number of nitrogens with one attached hydrogen (secondary N) is 1. The smallest absolute Gasteiger partial charge is 0.111 e. The lowest BCUT2D eigenvalue weighted by molar-refractivity contribution is 1.01. The highest BCUT2D eigenvalue weighted by molar-refractivity contribution is 5.46. The molecule has 14 heavy (non-hydrogen) atoms. The average Bonchev–Trinajstić information content (AvgIpc) is 2.21. The van der Waals surface area contributed by atoms with Crippen molar-refractivity contribution in [3.05, 3.63) is 29.8 Å². The molecule has 0 aliphatic carbocycles. The quantitative estimate of drug-likeness (QED) is 0.784. The van der Waals surface area contributed by atoms with Gasteiger partial charge in [0.1, 0.15) is 6.04 Å². The Labute approximate surface area is 83.6 Å². The van der Waals surface area contributed by atoms with E-state index in [9.17, 15) is 0 Å². The molecule has 1 rings (SSSR count). The third kappa shape index (κ3) is 2.80. The van der Waals surface area contributed by atoms with Crippen LogP contribution in [-0.4, -0.2) is 6.04 Å². The maximum atomic E-state index is 8.58. The monoisotopic (exact) mass is 185 g/mol. The number of hydrogen-bond acceptors (Lipinski definition) is 3. The summed E-state index contributed by atoms with van der Waals surface area (Å²) in [7, 11) is 0. The van der Waals surface area contributed by atoms with Crippen molar-refractivity contribution in [1.29, 1.82) is 10.5 Å². The fraction of sp³-hybridized carbons (Fsp3) is 0.273. The van der Waals surface area contributed by atoms with Gasteiger partial charge in [-0.25, -0.2) is 0 Å². The molecule has 1 N–H and O–H groups in total. The van der Waals surface area contributed by atoms with Crippen molar-refractivity contribution in [3.63, 3.8) is 0 Å². The van der Waals surface area contributed by atoms with Crippen LogP contribution >= 0.6 is 0 Å². The van der Waals surface area contributed by atoms with Crippen LogP contribution in [0.4, 0.5) is 5.69 Å². The summed E-state index contributed by atoms with van der Waals surface area (Å²) in [4.78, 5) is 0. The highest BCUT2D eigenvalue weighted by Gasteiger charge is 1.98. The minimum absolute atomic E-state index is 0.197. The molecule has 0 radical (unpaired) electrons. The van der Waals surface area contributed by atoms with Crippen molar-refractivity contribution in [1.82, 2.24) is 0 Å². The van der Waals surface area contributed by atoms with E-state index in [2.05, 4.69) is 17.5 Å². The van der Waals surface area contributed by atoms with Gasteiger partial charge in [0.2, 0.25) is 0 Å². The van der Waals surface area contributed by atoms with Gasteiger partial charge in [0.05, 0.1) is 18.6 Å². The van der Waals surface area contributed by atoms with Crippen LogP contribution in [0.3, 0.4) is 0 Å². The normalized spacial score (nSPS) is 11.1. The lowest BCUT2D eigenvalue weighted by Gasteiger charge is -2.07.